The van der Waals surface area contributed by atoms with Crippen molar-refractivity contribution in [3.8, 4) is 0 Å². The molecule has 0 aliphatic rings. The second kappa shape index (κ2) is 7.75. The zero-order valence-electron chi connectivity index (χ0n) is 13.5. The summed E-state index contributed by atoms with van der Waals surface area (Å²) in [6.45, 7) is 6.90. The van der Waals surface area contributed by atoms with Crippen LogP contribution in [0.5, 0.6) is 0 Å². The van der Waals surface area contributed by atoms with E-state index in [1.165, 1.54) is 0 Å². The largest absolute Gasteiger partial charge is 0.342 e. The minimum Gasteiger partial charge on any atom is -0.342 e. The molecule has 1 aromatic heterocycles. The molecule has 0 aliphatic carbocycles. The van der Waals surface area contributed by atoms with Crippen molar-refractivity contribution < 1.29 is 4.79 Å². The Morgan fingerprint density at radius 3 is 2.74 bits per heavy atom. The molecule has 23 heavy (non-hydrogen) atoms. The Labute approximate surface area is 146 Å². The van der Waals surface area contributed by atoms with E-state index in [0.717, 1.165) is 12.2 Å². The standard InChI is InChI=1S/C16H21ClN4OS/c1-4-21-14(19-20-16(21)23)13(9-10(2)3)18-15(22)11-7-5-6-8-12(11)17/h5-8,10,13H,4,9H2,1-3H3,(H,18,22)(H,20,23)/t13-/m0/s1. The molecule has 2 rings (SSSR count). The Bertz CT molecular complexity index is 738. The maximum Gasteiger partial charge on any atom is 0.253 e. The van der Waals surface area contributed by atoms with Crippen molar-refractivity contribution in [3.63, 3.8) is 0 Å². The minimum atomic E-state index is -0.230. The lowest BCUT2D eigenvalue weighted by Gasteiger charge is -2.20. The third-order valence-electron chi connectivity index (χ3n) is 3.55. The lowest BCUT2D eigenvalue weighted by molar-refractivity contribution is 0.0929. The number of hydrogen-bond acceptors (Lipinski definition) is 3. The summed E-state index contributed by atoms with van der Waals surface area (Å²) < 4.78 is 2.46. The smallest absolute Gasteiger partial charge is 0.253 e. The highest BCUT2D eigenvalue weighted by atomic mass is 35.5. The minimum absolute atomic E-state index is 0.210. The fraction of sp³-hybridized carbons (Fsp3) is 0.438. The third-order valence-corrected chi connectivity index (χ3v) is 4.19. The van der Waals surface area contributed by atoms with Crippen molar-refractivity contribution in [1.29, 1.82) is 0 Å². The summed E-state index contributed by atoms with van der Waals surface area (Å²) in [5.74, 6) is 0.923. The van der Waals surface area contributed by atoms with E-state index in [9.17, 15) is 4.79 Å². The Balaban J connectivity index is 2.31. The van der Waals surface area contributed by atoms with Gasteiger partial charge in [0.05, 0.1) is 16.6 Å². The van der Waals surface area contributed by atoms with E-state index in [2.05, 4.69) is 29.4 Å². The van der Waals surface area contributed by atoms with E-state index in [1.54, 1.807) is 24.3 Å². The topological polar surface area (TPSA) is 62.7 Å². The number of aromatic amines is 1. The van der Waals surface area contributed by atoms with Crippen molar-refractivity contribution in [3.05, 3.63) is 45.4 Å². The molecule has 0 saturated carbocycles. The molecule has 1 atom stereocenters. The number of hydrogen-bond donors (Lipinski definition) is 2. The molecule has 0 unspecified atom stereocenters. The number of carbonyl (C=O) groups is 1. The molecule has 0 radical (unpaired) electrons. The number of amides is 1. The van der Waals surface area contributed by atoms with Gasteiger partial charge in [-0.3, -0.25) is 9.89 Å². The molecular weight excluding hydrogens is 332 g/mol. The van der Waals surface area contributed by atoms with Crippen LogP contribution in [0, 0.1) is 10.7 Å². The van der Waals surface area contributed by atoms with Crippen LogP contribution in [0.25, 0.3) is 0 Å². The molecule has 124 valence electrons. The average Bonchev–Trinajstić information content (AvgIpc) is 2.87. The normalized spacial score (nSPS) is 12.4. The molecule has 2 aromatic rings. The summed E-state index contributed by atoms with van der Waals surface area (Å²) in [4.78, 5) is 12.6. The van der Waals surface area contributed by atoms with Gasteiger partial charge >= 0.3 is 0 Å². The third kappa shape index (κ3) is 4.20. The highest BCUT2D eigenvalue weighted by Gasteiger charge is 2.23. The van der Waals surface area contributed by atoms with Gasteiger partial charge in [-0.15, -0.1) is 0 Å². The Morgan fingerprint density at radius 2 is 2.13 bits per heavy atom. The van der Waals surface area contributed by atoms with Gasteiger partial charge in [-0.2, -0.15) is 5.10 Å². The summed E-state index contributed by atoms with van der Waals surface area (Å²) in [6, 6.07) is 6.77. The van der Waals surface area contributed by atoms with Crippen molar-refractivity contribution >= 4 is 29.7 Å². The second-order valence-corrected chi connectivity index (χ2v) is 6.56. The molecule has 5 nitrogen and oxygen atoms in total. The van der Waals surface area contributed by atoms with E-state index in [4.69, 9.17) is 23.8 Å². The van der Waals surface area contributed by atoms with Crippen LogP contribution in [0.1, 0.15) is 49.4 Å². The molecule has 0 fully saturated rings. The molecule has 1 amide bonds. The van der Waals surface area contributed by atoms with E-state index < -0.39 is 0 Å². The maximum absolute atomic E-state index is 12.6. The van der Waals surface area contributed by atoms with Crippen molar-refractivity contribution in [1.82, 2.24) is 20.1 Å². The SMILES string of the molecule is CCn1c([C@H](CC(C)C)NC(=O)c2ccccc2Cl)n[nH]c1=S. The quantitative estimate of drug-likeness (QED) is 0.768. The van der Waals surface area contributed by atoms with Gasteiger partial charge in [0.1, 0.15) is 0 Å². The Kier molecular flexibility index (Phi) is 5.96. The number of rotatable bonds is 6. The average molecular weight is 353 g/mol. The molecule has 7 heteroatoms. The first-order valence-corrected chi connectivity index (χ1v) is 8.43. The van der Waals surface area contributed by atoms with Gasteiger partial charge in [0.2, 0.25) is 0 Å². The van der Waals surface area contributed by atoms with Crippen LogP contribution in [-0.4, -0.2) is 20.7 Å². The lowest BCUT2D eigenvalue weighted by atomic mass is 10.0. The highest BCUT2D eigenvalue weighted by Crippen LogP contribution is 2.22. The van der Waals surface area contributed by atoms with Crippen LogP contribution in [0.3, 0.4) is 0 Å². The summed E-state index contributed by atoms with van der Waals surface area (Å²) in [6.07, 6.45) is 0.760. The number of aromatic nitrogens is 3. The summed E-state index contributed by atoms with van der Waals surface area (Å²) in [5.41, 5.74) is 0.458. The van der Waals surface area contributed by atoms with Gasteiger partial charge in [-0.25, -0.2) is 0 Å². The van der Waals surface area contributed by atoms with Crippen LogP contribution in [0.2, 0.25) is 5.02 Å². The van der Waals surface area contributed by atoms with Crippen LogP contribution in [0.4, 0.5) is 0 Å². The van der Waals surface area contributed by atoms with Crippen LogP contribution < -0.4 is 5.32 Å². The van der Waals surface area contributed by atoms with E-state index in [-0.39, 0.29) is 11.9 Å². The predicted octanol–water partition coefficient (Wildman–Crippen LogP) is 4.13. The fourth-order valence-electron chi connectivity index (χ4n) is 2.48. The monoisotopic (exact) mass is 352 g/mol. The highest BCUT2D eigenvalue weighted by molar-refractivity contribution is 7.71. The lowest BCUT2D eigenvalue weighted by Crippen LogP contribution is -2.31. The van der Waals surface area contributed by atoms with E-state index >= 15 is 0 Å². The molecule has 1 heterocycles. The fourth-order valence-corrected chi connectivity index (χ4v) is 2.97. The zero-order chi connectivity index (χ0) is 17.0. The molecule has 0 saturated heterocycles. The second-order valence-electron chi connectivity index (χ2n) is 5.77. The first-order chi connectivity index (χ1) is 10.9. The van der Waals surface area contributed by atoms with Crippen molar-refractivity contribution in [2.75, 3.05) is 0 Å². The molecule has 1 aromatic carbocycles. The predicted molar refractivity (Wildman–Crippen MR) is 94.2 cm³/mol. The van der Waals surface area contributed by atoms with E-state index in [0.29, 0.717) is 27.8 Å². The Hall–Kier alpha value is -1.66. The number of nitrogens with zero attached hydrogens (tertiary/aromatic N) is 2. The van der Waals surface area contributed by atoms with Gasteiger partial charge in [0, 0.05) is 6.54 Å². The van der Waals surface area contributed by atoms with Crippen LogP contribution in [0.15, 0.2) is 24.3 Å². The molecule has 0 spiro atoms. The first-order valence-electron chi connectivity index (χ1n) is 7.64. The van der Waals surface area contributed by atoms with Gasteiger partial charge in [-0.1, -0.05) is 37.6 Å². The number of carbonyl (C=O) groups excluding carboxylic acids is 1. The van der Waals surface area contributed by atoms with Gasteiger partial charge in [0.25, 0.3) is 5.91 Å². The summed E-state index contributed by atoms with van der Waals surface area (Å²) in [7, 11) is 0. The van der Waals surface area contributed by atoms with Gasteiger partial charge < -0.3 is 9.88 Å². The van der Waals surface area contributed by atoms with Crippen molar-refractivity contribution in [2.24, 2.45) is 5.92 Å². The Morgan fingerprint density at radius 1 is 1.43 bits per heavy atom. The van der Waals surface area contributed by atoms with Crippen molar-refractivity contribution in [2.45, 2.75) is 39.8 Å². The zero-order valence-corrected chi connectivity index (χ0v) is 15.0. The summed E-state index contributed by atoms with van der Waals surface area (Å²) in [5, 5.41) is 10.6. The van der Waals surface area contributed by atoms with Crippen LogP contribution in [-0.2, 0) is 6.54 Å². The van der Waals surface area contributed by atoms with Crippen LogP contribution >= 0.6 is 23.8 Å². The number of H-pyrrole nitrogens is 1. The molecule has 0 aliphatic heterocycles. The van der Waals surface area contributed by atoms with E-state index in [1.807, 2.05) is 11.5 Å². The summed E-state index contributed by atoms with van der Waals surface area (Å²) >= 11 is 11.4. The number of benzene rings is 1. The molecule has 2 N–H and O–H groups in total. The maximum atomic E-state index is 12.6. The number of halogens is 1. The first kappa shape index (κ1) is 17.7. The van der Waals surface area contributed by atoms with Gasteiger partial charge in [-0.05, 0) is 43.6 Å². The molecular formula is C16H21ClN4OS. The molecule has 0 bridgehead atoms. The number of nitrogens with one attached hydrogen (secondary N) is 2. The van der Waals surface area contributed by atoms with Gasteiger partial charge in [0.15, 0.2) is 10.6 Å².